The molecule has 0 spiro atoms. The summed E-state index contributed by atoms with van der Waals surface area (Å²) in [5, 5.41) is 2.90. The molecule has 0 saturated heterocycles. The largest absolute Gasteiger partial charge is 0.438 e. The number of ether oxygens (including phenoxy) is 1. The highest BCUT2D eigenvalue weighted by atomic mass is 16.5. The van der Waals surface area contributed by atoms with Gasteiger partial charge in [0, 0.05) is 13.2 Å². The van der Waals surface area contributed by atoms with Gasteiger partial charge in [-0.1, -0.05) is 30.3 Å². The van der Waals surface area contributed by atoms with Gasteiger partial charge in [0.05, 0.1) is 17.6 Å². The van der Waals surface area contributed by atoms with Gasteiger partial charge in [-0.05, 0) is 36.4 Å². The predicted octanol–water partition coefficient (Wildman–Crippen LogP) is 3.69. The van der Waals surface area contributed by atoms with E-state index in [1.54, 1.807) is 18.3 Å². The first kappa shape index (κ1) is 16.8. The quantitative estimate of drug-likeness (QED) is 0.591. The van der Waals surface area contributed by atoms with Crippen molar-refractivity contribution in [3.8, 4) is 11.6 Å². The zero-order valence-corrected chi connectivity index (χ0v) is 14.8. The third kappa shape index (κ3) is 3.50. The number of aromatic nitrogens is 3. The molecule has 0 saturated carbocycles. The summed E-state index contributed by atoms with van der Waals surface area (Å²) >= 11 is 0. The molecule has 0 unspecified atom stereocenters. The van der Waals surface area contributed by atoms with Crippen molar-refractivity contribution in [2.45, 2.75) is 6.54 Å². The summed E-state index contributed by atoms with van der Waals surface area (Å²) in [6, 6.07) is 20.5. The van der Waals surface area contributed by atoms with Crippen LogP contribution >= 0.6 is 0 Å². The number of aryl methyl sites for hydroxylation is 1. The van der Waals surface area contributed by atoms with Crippen molar-refractivity contribution in [2.75, 3.05) is 0 Å². The van der Waals surface area contributed by atoms with E-state index >= 15 is 0 Å². The maximum Gasteiger partial charge on any atom is 0.257 e. The van der Waals surface area contributed by atoms with Gasteiger partial charge in [0.2, 0.25) is 5.88 Å². The molecule has 2 aromatic carbocycles. The van der Waals surface area contributed by atoms with Crippen LogP contribution in [0.5, 0.6) is 11.6 Å². The topological polar surface area (TPSA) is 69.0 Å². The first-order chi connectivity index (χ1) is 13.2. The lowest BCUT2D eigenvalue weighted by Crippen LogP contribution is -2.25. The number of amides is 1. The van der Waals surface area contributed by atoms with Gasteiger partial charge in [-0.2, -0.15) is 0 Å². The van der Waals surface area contributed by atoms with Crippen molar-refractivity contribution in [1.82, 2.24) is 19.9 Å². The second-order valence-electron chi connectivity index (χ2n) is 6.03. The number of imidazole rings is 1. The van der Waals surface area contributed by atoms with E-state index in [1.165, 1.54) is 0 Å². The number of nitrogens with zero attached hydrogens (tertiary/aromatic N) is 3. The summed E-state index contributed by atoms with van der Waals surface area (Å²) in [6.45, 7) is 0.309. The molecule has 0 atom stereocenters. The predicted molar refractivity (Wildman–Crippen MR) is 103 cm³/mol. The van der Waals surface area contributed by atoms with Gasteiger partial charge in [0.25, 0.3) is 5.91 Å². The van der Waals surface area contributed by atoms with Crippen LogP contribution in [0.3, 0.4) is 0 Å². The van der Waals surface area contributed by atoms with E-state index < -0.39 is 0 Å². The van der Waals surface area contributed by atoms with Crippen LogP contribution in [0.25, 0.3) is 11.0 Å². The average Bonchev–Trinajstić information content (AvgIpc) is 3.03. The summed E-state index contributed by atoms with van der Waals surface area (Å²) in [6.07, 6.45) is 1.60. The van der Waals surface area contributed by atoms with Gasteiger partial charge < -0.3 is 14.6 Å². The molecule has 6 heteroatoms. The Labute approximate surface area is 156 Å². The van der Waals surface area contributed by atoms with Crippen molar-refractivity contribution in [2.24, 2.45) is 7.05 Å². The Morgan fingerprint density at radius 1 is 1.04 bits per heavy atom. The first-order valence-corrected chi connectivity index (χ1v) is 8.59. The van der Waals surface area contributed by atoms with Crippen LogP contribution in [-0.4, -0.2) is 20.4 Å². The van der Waals surface area contributed by atoms with Crippen LogP contribution in [0, 0.1) is 0 Å². The van der Waals surface area contributed by atoms with Crippen LogP contribution in [-0.2, 0) is 13.6 Å². The van der Waals surface area contributed by atoms with E-state index in [4.69, 9.17) is 4.74 Å². The first-order valence-electron chi connectivity index (χ1n) is 8.59. The third-order valence-corrected chi connectivity index (χ3v) is 4.26. The summed E-state index contributed by atoms with van der Waals surface area (Å²) in [5.74, 6) is 1.41. The molecule has 1 amide bonds. The molecule has 6 nitrogen and oxygen atoms in total. The van der Waals surface area contributed by atoms with Crippen LogP contribution < -0.4 is 10.1 Å². The van der Waals surface area contributed by atoms with E-state index in [0.717, 1.165) is 16.9 Å². The standard InChI is InChI=1S/C21H18N4O2/c1-25-18-12-6-5-11-17(18)24-19(25)14-23-20(26)16-10-7-13-22-21(16)27-15-8-3-2-4-9-15/h2-13H,14H2,1H3,(H,23,26). The van der Waals surface area contributed by atoms with E-state index in [9.17, 15) is 4.79 Å². The Morgan fingerprint density at radius 2 is 1.81 bits per heavy atom. The molecule has 4 rings (SSSR count). The zero-order valence-electron chi connectivity index (χ0n) is 14.8. The van der Waals surface area contributed by atoms with Crippen LogP contribution in [0.2, 0.25) is 0 Å². The smallest absolute Gasteiger partial charge is 0.257 e. The van der Waals surface area contributed by atoms with Gasteiger partial charge in [0.1, 0.15) is 17.1 Å². The van der Waals surface area contributed by atoms with Crippen molar-refractivity contribution >= 4 is 16.9 Å². The molecule has 0 aliphatic rings. The van der Waals surface area contributed by atoms with Gasteiger partial charge in [-0.15, -0.1) is 0 Å². The number of fused-ring (bicyclic) bond motifs is 1. The molecule has 2 aromatic heterocycles. The molecule has 2 heterocycles. The number of hydrogen-bond donors (Lipinski definition) is 1. The maximum atomic E-state index is 12.7. The second-order valence-corrected chi connectivity index (χ2v) is 6.03. The van der Waals surface area contributed by atoms with Crippen molar-refractivity contribution in [1.29, 1.82) is 0 Å². The van der Waals surface area contributed by atoms with Gasteiger partial charge >= 0.3 is 0 Å². The van der Waals surface area contributed by atoms with Gasteiger partial charge in [-0.25, -0.2) is 9.97 Å². The fourth-order valence-corrected chi connectivity index (χ4v) is 2.85. The van der Waals surface area contributed by atoms with Gasteiger partial charge in [-0.3, -0.25) is 4.79 Å². The number of para-hydroxylation sites is 3. The SMILES string of the molecule is Cn1c(CNC(=O)c2cccnc2Oc2ccccc2)nc2ccccc21. The normalized spacial score (nSPS) is 10.7. The highest BCUT2D eigenvalue weighted by Crippen LogP contribution is 2.22. The summed E-state index contributed by atoms with van der Waals surface area (Å²) in [4.78, 5) is 21.5. The minimum atomic E-state index is -0.263. The third-order valence-electron chi connectivity index (χ3n) is 4.26. The number of hydrogen-bond acceptors (Lipinski definition) is 4. The number of benzene rings is 2. The molecule has 0 aliphatic heterocycles. The maximum absolute atomic E-state index is 12.7. The van der Waals surface area contributed by atoms with E-state index in [0.29, 0.717) is 17.9 Å². The number of carbonyl (C=O) groups is 1. The number of carbonyl (C=O) groups excluding carboxylic acids is 1. The monoisotopic (exact) mass is 358 g/mol. The number of pyridine rings is 1. The summed E-state index contributed by atoms with van der Waals surface area (Å²) < 4.78 is 7.73. The van der Waals surface area contributed by atoms with Crippen LogP contribution in [0.1, 0.15) is 16.2 Å². The second kappa shape index (κ2) is 7.29. The Balaban J connectivity index is 1.52. The molecule has 0 radical (unpaired) electrons. The molecule has 4 aromatic rings. The minimum Gasteiger partial charge on any atom is -0.438 e. The fraction of sp³-hybridized carbons (Fsp3) is 0.0952. The Kier molecular flexibility index (Phi) is 4.53. The van der Waals surface area contributed by atoms with Crippen LogP contribution in [0.15, 0.2) is 72.9 Å². The summed E-state index contributed by atoms with van der Waals surface area (Å²) in [5.41, 5.74) is 2.30. The lowest BCUT2D eigenvalue weighted by atomic mass is 10.2. The molecule has 1 N–H and O–H groups in total. The van der Waals surface area contributed by atoms with Crippen molar-refractivity contribution < 1.29 is 9.53 Å². The molecular weight excluding hydrogens is 340 g/mol. The molecule has 0 fully saturated rings. The lowest BCUT2D eigenvalue weighted by Gasteiger charge is -2.10. The van der Waals surface area contributed by atoms with Gasteiger partial charge in [0.15, 0.2) is 0 Å². The lowest BCUT2D eigenvalue weighted by molar-refractivity contribution is 0.0946. The van der Waals surface area contributed by atoms with E-state index in [2.05, 4.69) is 15.3 Å². The van der Waals surface area contributed by atoms with Crippen LogP contribution in [0.4, 0.5) is 0 Å². The number of nitrogens with one attached hydrogen (secondary N) is 1. The van der Waals surface area contributed by atoms with E-state index in [1.807, 2.05) is 66.2 Å². The van der Waals surface area contributed by atoms with E-state index in [-0.39, 0.29) is 11.8 Å². The Morgan fingerprint density at radius 3 is 2.63 bits per heavy atom. The molecule has 0 bridgehead atoms. The van der Waals surface area contributed by atoms with Crippen molar-refractivity contribution in [3.63, 3.8) is 0 Å². The Hall–Kier alpha value is -3.67. The zero-order chi connectivity index (χ0) is 18.6. The highest BCUT2D eigenvalue weighted by molar-refractivity contribution is 5.96. The molecule has 0 aliphatic carbocycles. The van der Waals surface area contributed by atoms with Crippen molar-refractivity contribution in [3.05, 3.63) is 84.3 Å². The molecular formula is C21H18N4O2. The number of rotatable bonds is 5. The Bertz CT molecular complexity index is 1090. The average molecular weight is 358 g/mol. The molecule has 134 valence electrons. The highest BCUT2D eigenvalue weighted by Gasteiger charge is 2.15. The molecule has 27 heavy (non-hydrogen) atoms. The summed E-state index contributed by atoms with van der Waals surface area (Å²) in [7, 11) is 1.94. The fourth-order valence-electron chi connectivity index (χ4n) is 2.85. The minimum absolute atomic E-state index is 0.263.